The lowest BCUT2D eigenvalue weighted by Gasteiger charge is -2.35. The third-order valence-corrected chi connectivity index (χ3v) is 5.54. The van der Waals surface area contributed by atoms with E-state index in [0.717, 1.165) is 38.2 Å². The minimum Gasteiger partial charge on any atom is -0.406 e. The first-order chi connectivity index (χ1) is 14.3. The van der Waals surface area contributed by atoms with Gasteiger partial charge in [-0.3, -0.25) is 4.90 Å². The summed E-state index contributed by atoms with van der Waals surface area (Å²) in [6.07, 6.45) is 0. The standard InChI is InChI=1S/C24H23N3O2/c28-24-27(22-11-4-5-12-23(22)29-24)26-15-13-25(14-16-26)18-19-7-6-10-21(17-19)20-8-2-1-3-9-20/h1-12,17H,13-16,18H2. The van der Waals surface area contributed by atoms with Gasteiger partial charge >= 0.3 is 5.76 Å². The zero-order valence-corrected chi connectivity index (χ0v) is 16.2. The summed E-state index contributed by atoms with van der Waals surface area (Å²) in [7, 11) is 0. The number of piperazine rings is 1. The molecule has 29 heavy (non-hydrogen) atoms. The maximum absolute atomic E-state index is 12.3. The van der Waals surface area contributed by atoms with E-state index in [4.69, 9.17) is 4.42 Å². The van der Waals surface area contributed by atoms with E-state index in [1.54, 1.807) is 4.68 Å². The predicted octanol–water partition coefficient (Wildman–Crippen LogP) is 3.72. The molecule has 0 N–H and O–H groups in total. The maximum Gasteiger partial charge on any atom is 0.438 e. The van der Waals surface area contributed by atoms with Crippen LogP contribution in [0.2, 0.25) is 0 Å². The first kappa shape index (κ1) is 17.8. The molecule has 0 unspecified atom stereocenters. The van der Waals surface area contributed by atoms with Crippen LogP contribution >= 0.6 is 0 Å². The van der Waals surface area contributed by atoms with E-state index >= 15 is 0 Å². The third-order valence-electron chi connectivity index (χ3n) is 5.54. The highest BCUT2D eigenvalue weighted by Crippen LogP contribution is 2.21. The van der Waals surface area contributed by atoms with Crippen molar-refractivity contribution in [1.29, 1.82) is 0 Å². The molecule has 0 saturated carbocycles. The van der Waals surface area contributed by atoms with Gasteiger partial charge in [0.05, 0.1) is 0 Å². The summed E-state index contributed by atoms with van der Waals surface area (Å²) in [5.41, 5.74) is 5.27. The van der Waals surface area contributed by atoms with Crippen LogP contribution in [0.1, 0.15) is 5.56 Å². The molecule has 0 aliphatic carbocycles. The Bertz CT molecular complexity index is 1170. The van der Waals surface area contributed by atoms with Crippen LogP contribution in [0.4, 0.5) is 0 Å². The van der Waals surface area contributed by atoms with E-state index in [1.807, 2.05) is 30.3 Å². The lowest BCUT2D eigenvalue weighted by molar-refractivity contribution is 0.230. The molecule has 1 aromatic heterocycles. The molecule has 5 rings (SSSR count). The molecule has 0 amide bonds. The average Bonchev–Trinajstić information content (AvgIpc) is 3.11. The number of oxazole rings is 1. The van der Waals surface area contributed by atoms with Crippen LogP contribution in [0.5, 0.6) is 0 Å². The van der Waals surface area contributed by atoms with E-state index in [1.165, 1.54) is 16.7 Å². The van der Waals surface area contributed by atoms with Gasteiger partial charge in [-0.05, 0) is 34.9 Å². The quantitative estimate of drug-likeness (QED) is 0.537. The summed E-state index contributed by atoms with van der Waals surface area (Å²) in [5.74, 6) is -0.310. The molecule has 0 atom stereocenters. The van der Waals surface area contributed by atoms with Crippen molar-refractivity contribution in [2.24, 2.45) is 0 Å². The van der Waals surface area contributed by atoms with E-state index in [9.17, 15) is 4.79 Å². The van der Waals surface area contributed by atoms with Crippen molar-refractivity contribution in [3.05, 3.63) is 95.0 Å². The Hall–Kier alpha value is -3.31. The summed E-state index contributed by atoms with van der Waals surface area (Å²) in [6.45, 7) is 4.31. The average molecular weight is 385 g/mol. The van der Waals surface area contributed by atoms with E-state index < -0.39 is 0 Å². The molecule has 1 fully saturated rings. The van der Waals surface area contributed by atoms with E-state index in [-0.39, 0.29) is 5.76 Å². The van der Waals surface area contributed by atoms with Gasteiger partial charge in [-0.2, -0.15) is 4.68 Å². The Kier molecular flexibility index (Phi) is 4.66. The summed E-state index contributed by atoms with van der Waals surface area (Å²) in [4.78, 5) is 14.8. The summed E-state index contributed by atoms with van der Waals surface area (Å²) in [5, 5.41) is 2.09. The number of hydrogen-bond donors (Lipinski definition) is 0. The van der Waals surface area contributed by atoms with Gasteiger partial charge in [0, 0.05) is 32.7 Å². The van der Waals surface area contributed by atoms with Crippen molar-refractivity contribution < 1.29 is 4.42 Å². The Morgan fingerprint density at radius 3 is 2.31 bits per heavy atom. The first-order valence-corrected chi connectivity index (χ1v) is 10.0. The van der Waals surface area contributed by atoms with Gasteiger partial charge < -0.3 is 9.43 Å². The lowest BCUT2D eigenvalue weighted by atomic mass is 10.0. The third kappa shape index (κ3) is 3.57. The second-order valence-corrected chi connectivity index (χ2v) is 7.44. The molecule has 5 heteroatoms. The fraction of sp³-hybridized carbons (Fsp3) is 0.208. The molecule has 2 heterocycles. The van der Waals surface area contributed by atoms with E-state index in [0.29, 0.717) is 5.58 Å². The zero-order chi connectivity index (χ0) is 19.6. The van der Waals surface area contributed by atoms with Crippen LogP contribution in [-0.4, -0.2) is 35.8 Å². The molecule has 1 aliphatic heterocycles. The predicted molar refractivity (Wildman–Crippen MR) is 116 cm³/mol. The molecule has 1 saturated heterocycles. The number of benzene rings is 3. The highest BCUT2D eigenvalue weighted by atomic mass is 16.4. The van der Waals surface area contributed by atoms with Crippen molar-refractivity contribution in [3.63, 3.8) is 0 Å². The molecule has 1 aliphatic rings. The van der Waals surface area contributed by atoms with Crippen molar-refractivity contribution in [1.82, 2.24) is 9.58 Å². The van der Waals surface area contributed by atoms with Crippen LogP contribution in [-0.2, 0) is 6.54 Å². The van der Waals surface area contributed by atoms with Crippen molar-refractivity contribution in [2.45, 2.75) is 6.54 Å². The molecule has 0 bridgehead atoms. The SMILES string of the molecule is O=c1oc2ccccc2n1N1CCN(Cc2cccc(-c3ccccc3)c2)CC1. The van der Waals surface area contributed by atoms with Gasteiger partial charge in [-0.1, -0.05) is 60.7 Å². The molecule has 0 radical (unpaired) electrons. The highest BCUT2D eigenvalue weighted by molar-refractivity contribution is 5.73. The Labute approximate surface area is 169 Å². The molecule has 4 aromatic rings. The zero-order valence-electron chi connectivity index (χ0n) is 16.2. The lowest BCUT2D eigenvalue weighted by Crippen LogP contribution is -2.53. The molecule has 0 spiro atoms. The number of para-hydroxylation sites is 2. The number of hydrogen-bond acceptors (Lipinski definition) is 4. The molecule has 5 nitrogen and oxygen atoms in total. The van der Waals surface area contributed by atoms with Crippen LogP contribution in [0.25, 0.3) is 22.2 Å². The summed E-state index contributed by atoms with van der Waals surface area (Å²) >= 11 is 0. The second kappa shape index (κ2) is 7.60. The van der Waals surface area contributed by atoms with Crippen LogP contribution in [0, 0.1) is 0 Å². The van der Waals surface area contributed by atoms with Crippen molar-refractivity contribution in [2.75, 3.05) is 31.2 Å². The number of nitrogens with zero attached hydrogens (tertiary/aromatic N) is 3. The first-order valence-electron chi connectivity index (χ1n) is 10.0. The number of rotatable bonds is 4. The monoisotopic (exact) mass is 385 g/mol. The largest absolute Gasteiger partial charge is 0.438 e. The van der Waals surface area contributed by atoms with Gasteiger partial charge in [0.1, 0.15) is 5.52 Å². The number of fused-ring (bicyclic) bond motifs is 1. The molecular weight excluding hydrogens is 362 g/mol. The van der Waals surface area contributed by atoms with E-state index in [2.05, 4.69) is 58.4 Å². The minimum atomic E-state index is -0.310. The van der Waals surface area contributed by atoms with Crippen LogP contribution in [0.15, 0.2) is 88.1 Å². The Morgan fingerprint density at radius 1 is 0.759 bits per heavy atom. The topological polar surface area (TPSA) is 41.6 Å². The van der Waals surface area contributed by atoms with Gasteiger partial charge in [0.15, 0.2) is 5.58 Å². The maximum atomic E-state index is 12.3. The number of aromatic nitrogens is 1. The second-order valence-electron chi connectivity index (χ2n) is 7.44. The highest BCUT2D eigenvalue weighted by Gasteiger charge is 2.21. The normalized spacial score (nSPS) is 15.1. The van der Waals surface area contributed by atoms with Crippen LogP contribution in [0.3, 0.4) is 0 Å². The molecule has 146 valence electrons. The van der Waals surface area contributed by atoms with Gasteiger partial charge in [-0.25, -0.2) is 4.79 Å². The summed E-state index contributed by atoms with van der Waals surface area (Å²) in [6, 6.07) is 26.8. The fourth-order valence-corrected chi connectivity index (χ4v) is 4.06. The Morgan fingerprint density at radius 2 is 1.48 bits per heavy atom. The van der Waals surface area contributed by atoms with Gasteiger partial charge in [0.25, 0.3) is 0 Å². The molecule has 3 aromatic carbocycles. The van der Waals surface area contributed by atoms with Gasteiger partial charge in [0.2, 0.25) is 0 Å². The smallest absolute Gasteiger partial charge is 0.406 e. The van der Waals surface area contributed by atoms with Crippen molar-refractivity contribution in [3.8, 4) is 11.1 Å². The molecular formula is C24H23N3O2. The summed E-state index contributed by atoms with van der Waals surface area (Å²) < 4.78 is 7.07. The minimum absolute atomic E-state index is 0.310. The van der Waals surface area contributed by atoms with Crippen molar-refractivity contribution >= 4 is 11.1 Å². The fourth-order valence-electron chi connectivity index (χ4n) is 4.06. The van der Waals surface area contributed by atoms with Crippen LogP contribution < -0.4 is 10.8 Å². The van der Waals surface area contributed by atoms with Gasteiger partial charge in [-0.15, -0.1) is 0 Å². The Balaban J connectivity index is 1.28.